The molecule has 1 aromatic heterocycles. The fraction of sp³-hybridized carbons (Fsp3) is 0.304. The zero-order valence-corrected chi connectivity index (χ0v) is 16.8. The van der Waals surface area contributed by atoms with Crippen LogP contribution in [-0.2, 0) is 4.74 Å². The first kappa shape index (κ1) is 20.1. The van der Waals surface area contributed by atoms with E-state index in [1.54, 1.807) is 19.2 Å². The second-order valence-electron chi connectivity index (χ2n) is 7.41. The molecule has 4 N–H and O–H groups in total. The van der Waals surface area contributed by atoms with Gasteiger partial charge in [0.15, 0.2) is 0 Å². The summed E-state index contributed by atoms with van der Waals surface area (Å²) < 4.78 is 10.7. The number of nitrogens with zero attached hydrogens (tertiary/aromatic N) is 1. The molecule has 156 valence electrons. The van der Waals surface area contributed by atoms with E-state index in [1.807, 2.05) is 36.4 Å². The number of anilines is 1. The number of amides is 1. The second kappa shape index (κ2) is 8.69. The number of pyridine rings is 1. The fourth-order valence-electron chi connectivity index (χ4n) is 3.82. The Hall–Kier alpha value is -3.16. The number of carbonyl (C=O) groups excluding carboxylic acids is 1. The Labute approximate surface area is 174 Å². The van der Waals surface area contributed by atoms with Gasteiger partial charge in [-0.15, -0.1) is 0 Å². The van der Waals surface area contributed by atoms with Gasteiger partial charge in [-0.3, -0.25) is 4.79 Å². The minimum Gasteiger partial charge on any atom is -0.497 e. The summed E-state index contributed by atoms with van der Waals surface area (Å²) in [6, 6.07) is 15.0. The summed E-state index contributed by atoms with van der Waals surface area (Å²) in [7, 11) is 1.62. The Bertz CT molecular complexity index is 1050. The molecule has 30 heavy (non-hydrogen) atoms. The maximum Gasteiger partial charge on any atom is 0.248 e. The zero-order valence-electron chi connectivity index (χ0n) is 16.8. The highest BCUT2D eigenvalue weighted by Gasteiger charge is 2.21. The molecule has 2 heterocycles. The number of methoxy groups -OCH3 is 1. The molecular formula is C23H25N3O4. The Balaban J connectivity index is 1.82. The van der Waals surface area contributed by atoms with Gasteiger partial charge in [0.05, 0.1) is 38.0 Å². The van der Waals surface area contributed by atoms with E-state index in [0.717, 1.165) is 40.8 Å². The fourth-order valence-corrected chi connectivity index (χ4v) is 3.82. The standard InChI is InChI=1S/C23H25N3O4/c1-29-18-5-2-14(3-6-18)20(12-27)22-19-7-4-15(23(24)28)10-16(19)11-21(26-22)25-17-8-9-30-13-17/h2-7,10-11,17,20,27H,8-9,12-13H2,1H3,(H2,24,28)(H,25,26)/t17?,20-/m0/s1. The minimum atomic E-state index is -0.483. The van der Waals surface area contributed by atoms with Crippen molar-refractivity contribution >= 4 is 22.5 Å². The van der Waals surface area contributed by atoms with Crippen molar-refractivity contribution in [3.8, 4) is 5.75 Å². The van der Waals surface area contributed by atoms with Gasteiger partial charge in [0.1, 0.15) is 11.6 Å². The molecule has 3 aromatic rings. The SMILES string of the molecule is COc1ccc([C@H](CO)c2nc(NC3CCOC3)cc3cc(C(N)=O)ccc23)cc1. The average Bonchev–Trinajstić information content (AvgIpc) is 3.27. The number of hydrogen-bond donors (Lipinski definition) is 3. The summed E-state index contributed by atoms with van der Waals surface area (Å²) in [6.45, 7) is 1.23. The van der Waals surface area contributed by atoms with Crippen molar-refractivity contribution in [1.29, 1.82) is 0 Å². The van der Waals surface area contributed by atoms with Crippen LogP contribution in [0.15, 0.2) is 48.5 Å². The van der Waals surface area contributed by atoms with Gasteiger partial charge in [0, 0.05) is 17.6 Å². The third kappa shape index (κ3) is 4.08. The summed E-state index contributed by atoms with van der Waals surface area (Å²) in [4.78, 5) is 16.5. The molecule has 1 amide bonds. The third-order valence-corrected chi connectivity index (χ3v) is 5.46. The first-order chi connectivity index (χ1) is 14.6. The number of aliphatic hydroxyl groups excluding tert-OH is 1. The molecule has 2 aromatic carbocycles. The summed E-state index contributed by atoms with van der Waals surface area (Å²) >= 11 is 0. The van der Waals surface area contributed by atoms with Gasteiger partial charge < -0.3 is 25.6 Å². The van der Waals surface area contributed by atoms with E-state index in [0.29, 0.717) is 18.0 Å². The molecule has 0 saturated carbocycles. The summed E-state index contributed by atoms with van der Waals surface area (Å²) in [6.07, 6.45) is 0.901. The summed E-state index contributed by atoms with van der Waals surface area (Å²) in [5.41, 5.74) is 7.57. The van der Waals surface area contributed by atoms with E-state index in [4.69, 9.17) is 20.2 Å². The van der Waals surface area contributed by atoms with Gasteiger partial charge in [-0.1, -0.05) is 18.2 Å². The van der Waals surface area contributed by atoms with E-state index in [-0.39, 0.29) is 18.6 Å². The molecule has 7 heteroatoms. The first-order valence-electron chi connectivity index (χ1n) is 9.92. The lowest BCUT2D eigenvalue weighted by molar-refractivity contribution is 0.100. The molecule has 0 radical (unpaired) electrons. The highest BCUT2D eigenvalue weighted by molar-refractivity contribution is 5.98. The van der Waals surface area contributed by atoms with E-state index < -0.39 is 5.91 Å². The van der Waals surface area contributed by atoms with Crippen LogP contribution < -0.4 is 15.8 Å². The van der Waals surface area contributed by atoms with Crippen molar-refractivity contribution in [3.63, 3.8) is 0 Å². The molecule has 1 unspecified atom stereocenters. The quantitative estimate of drug-likeness (QED) is 0.556. The van der Waals surface area contributed by atoms with Crippen molar-refractivity contribution in [3.05, 3.63) is 65.4 Å². The second-order valence-corrected chi connectivity index (χ2v) is 7.41. The Morgan fingerprint density at radius 1 is 1.30 bits per heavy atom. The molecule has 7 nitrogen and oxygen atoms in total. The molecule has 1 aliphatic heterocycles. The van der Waals surface area contributed by atoms with Crippen LogP contribution in [0.2, 0.25) is 0 Å². The van der Waals surface area contributed by atoms with Gasteiger partial charge in [0.25, 0.3) is 0 Å². The number of nitrogens with one attached hydrogen (secondary N) is 1. The van der Waals surface area contributed by atoms with Crippen LogP contribution in [0.3, 0.4) is 0 Å². The van der Waals surface area contributed by atoms with Crippen LogP contribution in [0, 0.1) is 0 Å². The molecule has 2 atom stereocenters. The Morgan fingerprint density at radius 2 is 2.10 bits per heavy atom. The maximum absolute atomic E-state index is 11.7. The maximum atomic E-state index is 11.7. The van der Waals surface area contributed by atoms with Crippen LogP contribution >= 0.6 is 0 Å². The molecule has 1 aliphatic rings. The van der Waals surface area contributed by atoms with Crippen molar-refractivity contribution in [2.24, 2.45) is 5.73 Å². The van der Waals surface area contributed by atoms with Gasteiger partial charge in [-0.2, -0.15) is 0 Å². The number of nitrogens with two attached hydrogens (primary N) is 1. The van der Waals surface area contributed by atoms with Crippen molar-refractivity contribution in [1.82, 2.24) is 4.98 Å². The van der Waals surface area contributed by atoms with Crippen molar-refractivity contribution in [2.75, 3.05) is 32.2 Å². The smallest absolute Gasteiger partial charge is 0.248 e. The number of rotatable bonds is 7. The summed E-state index contributed by atoms with van der Waals surface area (Å²) in [5.74, 6) is 0.611. The van der Waals surface area contributed by atoms with Gasteiger partial charge in [-0.25, -0.2) is 4.98 Å². The van der Waals surface area contributed by atoms with Gasteiger partial charge in [-0.05, 0) is 47.7 Å². The summed E-state index contributed by atoms with van der Waals surface area (Å²) in [5, 5.41) is 15.4. The number of hydrogen-bond acceptors (Lipinski definition) is 6. The highest BCUT2D eigenvalue weighted by atomic mass is 16.5. The molecule has 1 fully saturated rings. The molecule has 0 bridgehead atoms. The predicted octanol–water partition coefficient (Wildman–Crippen LogP) is 2.67. The Kier molecular flexibility index (Phi) is 5.83. The number of aromatic nitrogens is 1. The molecular weight excluding hydrogens is 382 g/mol. The molecule has 1 saturated heterocycles. The monoisotopic (exact) mass is 407 g/mol. The molecule has 0 spiro atoms. The average molecular weight is 407 g/mol. The van der Waals surface area contributed by atoms with Crippen LogP contribution in [0.25, 0.3) is 10.8 Å². The largest absolute Gasteiger partial charge is 0.497 e. The molecule has 4 rings (SSSR count). The lowest BCUT2D eigenvalue weighted by atomic mass is 9.92. The van der Waals surface area contributed by atoms with E-state index in [9.17, 15) is 9.90 Å². The molecule has 0 aliphatic carbocycles. The normalized spacial score (nSPS) is 17.1. The van der Waals surface area contributed by atoms with Gasteiger partial charge in [0.2, 0.25) is 5.91 Å². The lowest BCUT2D eigenvalue weighted by Crippen LogP contribution is -2.20. The minimum absolute atomic E-state index is 0.109. The highest BCUT2D eigenvalue weighted by Crippen LogP contribution is 2.32. The van der Waals surface area contributed by atoms with E-state index >= 15 is 0 Å². The zero-order chi connectivity index (χ0) is 21.1. The van der Waals surface area contributed by atoms with E-state index in [1.165, 1.54) is 0 Å². The van der Waals surface area contributed by atoms with Crippen LogP contribution in [0.1, 0.15) is 34.0 Å². The number of fused-ring (bicyclic) bond motifs is 1. The van der Waals surface area contributed by atoms with Crippen molar-refractivity contribution < 1.29 is 19.4 Å². The number of primary amides is 1. The Morgan fingerprint density at radius 3 is 2.73 bits per heavy atom. The topological polar surface area (TPSA) is 107 Å². The van der Waals surface area contributed by atoms with Crippen LogP contribution in [-0.4, -0.2) is 49.0 Å². The predicted molar refractivity (Wildman–Crippen MR) is 115 cm³/mol. The van der Waals surface area contributed by atoms with Gasteiger partial charge >= 0.3 is 0 Å². The third-order valence-electron chi connectivity index (χ3n) is 5.46. The first-order valence-corrected chi connectivity index (χ1v) is 9.92. The number of aliphatic hydroxyl groups is 1. The number of benzene rings is 2. The van der Waals surface area contributed by atoms with E-state index in [2.05, 4.69) is 5.32 Å². The van der Waals surface area contributed by atoms with Crippen LogP contribution in [0.4, 0.5) is 5.82 Å². The number of ether oxygens (including phenoxy) is 2. The van der Waals surface area contributed by atoms with Crippen molar-refractivity contribution in [2.45, 2.75) is 18.4 Å². The lowest BCUT2D eigenvalue weighted by Gasteiger charge is -2.20. The van der Waals surface area contributed by atoms with Crippen LogP contribution in [0.5, 0.6) is 5.75 Å². The number of carbonyl (C=O) groups is 1.